The zero-order valence-electron chi connectivity index (χ0n) is 12.9. The van der Waals surface area contributed by atoms with Gasteiger partial charge in [-0.2, -0.15) is 4.99 Å². The Morgan fingerprint density at radius 3 is 2.96 bits per heavy atom. The van der Waals surface area contributed by atoms with Gasteiger partial charge in [0, 0.05) is 11.9 Å². The summed E-state index contributed by atoms with van der Waals surface area (Å²) in [5.41, 5.74) is 1.52. The zero-order valence-corrected chi connectivity index (χ0v) is 14.5. The second kappa shape index (κ2) is 7.11. The average Bonchev–Trinajstić information content (AvgIpc) is 3.07. The van der Waals surface area contributed by atoms with Gasteiger partial charge in [0.2, 0.25) is 5.13 Å². The number of carbonyl (C=O) groups is 1. The van der Waals surface area contributed by atoms with Crippen LogP contribution in [-0.4, -0.2) is 27.5 Å². The van der Waals surface area contributed by atoms with E-state index in [2.05, 4.69) is 16.6 Å². The highest BCUT2D eigenvalue weighted by atomic mass is 32.2. The number of halogens is 1. The maximum absolute atomic E-state index is 13.3. The summed E-state index contributed by atoms with van der Waals surface area (Å²) in [6, 6.07) is 6.12. The van der Waals surface area contributed by atoms with Crippen LogP contribution in [-0.2, 0) is 4.79 Å². The Hall–Kier alpha value is -2.25. The molecule has 1 amide bonds. The molecule has 1 fully saturated rings. The Balaban J connectivity index is 1.95. The molecule has 4 nitrogen and oxygen atoms in total. The fraction of sp³-hybridized carbons (Fsp3) is 0.118. The minimum absolute atomic E-state index is 0.170. The van der Waals surface area contributed by atoms with Gasteiger partial charge in [-0.25, -0.2) is 9.37 Å². The number of thiazole rings is 1. The number of aliphatic imine (C=N–C) groups is 1. The van der Waals surface area contributed by atoms with Crippen LogP contribution in [0.25, 0.3) is 6.08 Å². The maximum Gasteiger partial charge on any atom is 0.267 e. The smallest absolute Gasteiger partial charge is 0.267 e. The van der Waals surface area contributed by atoms with Gasteiger partial charge in [-0.3, -0.25) is 9.69 Å². The van der Waals surface area contributed by atoms with Crippen LogP contribution >= 0.6 is 23.1 Å². The highest BCUT2D eigenvalue weighted by Gasteiger charge is 2.32. The zero-order chi connectivity index (χ0) is 17.1. The van der Waals surface area contributed by atoms with Crippen LogP contribution in [0, 0.1) is 12.7 Å². The normalized spacial score (nSPS) is 17.9. The van der Waals surface area contributed by atoms with E-state index in [0.717, 1.165) is 5.69 Å². The van der Waals surface area contributed by atoms with Gasteiger partial charge in [0.15, 0.2) is 5.17 Å². The van der Waals surface area contributed by atoms with Gasteiger partial charge in [0.25, 0.3) is 5.91 Å². The summed E-state index contributed by atoms with van der Waals surface area (Å²) < 4.78 is 13.3. The highest BCUT2D eigenvalue weighted by molar-refractivity contribution is 8.18. The molecule has 7 heteroatoms. The Bertz CT molecular complexity index is 857. The topological polar surface area (TPSA) is 45.6 Å². The monoisotopic (exact) mass is 359 g/mol. The van der Waals surface area contributed by atoms with E-state index in [0.29, 0.717) is 27.3 Å². The molecule has 1 aliphatic heterocycles. The third-order valence-electron chi connectivity index (χ3n) is 3.14. The third kappa shape index (κ3) is 3.63. The van der Waals surface area contributed by atoms with Crippen molar-refractivity contribution in [2.45, 2.75) is 6.92 Å². The number of benzene rings is 1. The lowest BCUT2D eigenvalue weighted by atomic mass is 10.2. The second-order valence-electron chi connectivity index (χ2n) is 5.04. The number of hydrogen-bond acceptors (Lipinski definition) is 5. The van der Waals surface area contributed by atoms with Crippen LogP contribution in [0.15, 0.2) is 52.2 Å². The molecule has 2 heterocycles. The minimum Gasteiger partial charge on any atom is -0.282 e. The molecule has 0 N–H and O–H groups in total. The van der Waals surface area contributed by atoms with E-state index in [-0.39, 0.29) is 11.7 Å². The number of carbonyl (C=O) groups excluding carboxylic acids is 1. The lowest BCUT2D eigenvalue weighted by molar-refractivity contribution is -0.121. The Kier molecular flexibility index (Phi) is 4.92. The van der Waals surface area contributed by atoms with E-state index in [1.807, 2.05) is 12.3 Å². The second-order valence-corrected chi connectivity index (χ2v) is 6.88. The predicted octanol–water partition coefficient (Wildman–Crippen LogP) is 4.38. The summed E-state index contributed by atoms with van der Waals surface area (Å²) in [4.78, 5) is 23.4. The van der Waals surface area contributed by atoms with E-state index in [1.165, 1.54) is 35.2 Å². The molecule has 0 bridgehead atoms. The van der Waals surface area contributed by atoms with Crippen LogP contribution in [0.4, 0.5) is 9.52 Å². The van der Waals surface area contributed by atoms with E-state index < -0.39 is 0 Å². The molecule has 1 saturated heterocycles. The van der Waals surface area contributed by atoms with Crippen LogP contribution in [0.1, 0.15) is 11.3 Å². The van der Waals surface area contributed by atoms with Crippen molar-refractivity contribution in [1.29, 1.82) is 0 Å². The van der Waals surface area contributed by atoms with Crippen molar-refractivity contribution < 1.29 is 9.18 Å². The van der Waals surface area contributed by atoms with E-state index in [9.17, 15) is 9.18 Å². The third-order valence-corrected chi connectivity index (χ3v) is 5.00. The maximum atomic E-state index is 13.3. The minimum atomic E-state index is -0.338. The first kappa shape index (κ1) is 16.6. The molecule has 0 aliphatic carbocycles. The Morgan fingerprint density at radius 2 is 2.29 bits per heavy atom. The molecule has 2 aromatic rings. The van der Waals surface area contributed by atoms with Crippen molar-refractivity contribution in [3.05, 3.63) is 64.3 Å². The molecule has 0 atom stereocenters. The van der Waals surface area contributed by atoms with Gasteiger partial charge in [-0.15, -0.1) is 17.9 Å². The van der Waals surface area contributed by atoms with Gasteiger partial charge in [-0.05, 0) is 42.5 Å². The molecule has 0 spiro atoms. The molecule has 0 saturated carbocycles. The number of amides is 1. The fourth-order valence-electron chi connectivity index (χ4n) is 2.10. The molecule has 0 unspecified atom stereocenters. The predicted molar refractivity (Wildman–Crippen MR) is 97.8 cm³/mol. The molecule has 1 aromatic carbocycles. The standard InChI is InChI=1S/C17H14FN3OS2/c1-3-7-21-15(22)14(9-12-5-4-6-13(18)8-12)24-17(21)20-16-19-11(2)10-23-16/h3-6,8-10H,1,7H2,2H3/b14-9-,20-17+. The summed E-state index contributed by atoms with van der Waals surface area (Å²) in [6.45, 7) is 5.93. The first-order chi connectivity index (χ1) is 11.6. The SMILES string of the molecule is C=CCN1C(=O)/C(=C/c2cccc(F)c2)S/C1=N/c1nc(C)cs1. The Labute approximate surface area is 147 Å². The van der Waals surface area contributed by atoms with Crippen molar-refractivity contribution in [1.82, 2.24) is 9.88 Å². The molecule has 122 valence electrons. The van der Waals surface area contributed by atoms with Crippen molar-refractivity contribution >= 4 is 45.4 Å². The van der Waals surface area contributed by atoms with Crippen LogP contribution in [0.2, 0.25) is 0 Å². The van der Waals surface area contributed by atoms with Crippen LogP contribution in [0.5, 0.6) is 0 Å². The number of rotatable bonds is 4. The van der Waals surface area contributed by atoms with Gasteiger partial charge in [-0.1, -0.05) is 18.2 Å². The van der Waals surface area contributed by atoms with E-state index >= 15 is 0 Å². The first-order valence-electron chi connectivity index (χ1n) is 7.15. The van der Waals surface area contributed by atoms with E-state index in [1.54, 1.807) is 29.2 Å². The van der Waals surface area contributed by atoms with Crippen molar-refractivity contribution in [3.63, 3.8) is 0 Å². The molecule has 1 aliphatic rings. The first-order valence-corrected chi connectivity index (χ1v) is 8.85. The number of aryl methyl sites for hydroxylation is 1. The van der Waals surface area contributed by atoms with Crippen molar-refractivity contribution in [3.8, 4) is 0 Å². The summed E-state index contributed by atoms with van der Waals surface area (Å²) in [6.07, 6.45) is 3.31. The largest absolute Gasteiger partial charge is 0.282 e. The van der Waals surface area contributed by atoms with Crippen LogP contribution in [0.3, 0.4) is 0 Å². The van der Waals surface area contributed by atoms with Gasteiger partial charge >= 0.3 is 0 Å². The van der Waals surface area contributed by atoms with Gasteiger partial charge < -0.3 is 0 Å². The Morgan fingerprint density at radius 1 is 1.46 bits per heavy atom. The summed E-state index contributed by atoms with van der Waals surface area (Å²) >= 11 is 2.68. The van der Waals surface area contributed by atoms with Crippen molar-refractivity contribution in [2.75, 3.05) is 6.54 Å². The number of amidine groups is 1. The molecule has 24 heavy (non-hydrogen) atoms. The lowest BCUT2D eigenvalue weighted by Gasteiger charge is -2.11. The average molecular weight is 359 g/mol. The molecule has 0 radical (unpaired) electrons. The molecule has 1 aromatic heterocycles. The van der Waals surface area contributed by atoms with Crippen LogP contribution < -0.4 is 0 Å². The summed E-state index contributed by atoms with van der Waals surface area (Å²) in [7, 11) is 0. The molecular formula is C17H14FN3OS2. The lowest BCUT2D eigenvalue weighted by Crippen LogP contribution is -2.29. The fourth-order valence-corrected chi connectivity index (χ4v) is 3.82. The number of aromatic nitrogens is 1. The number of thioether (sulfide) groups is 1. The summed E-state index contributed by atoms with van der Waals surface area (Å²) in [5.74, 6) is -0.508. The highest BCUT2D eigenvalue weighted by Crippen LogP contribution is 2.34. The molecular weight excluding hydrogens is 345 g/mol. The van der Waals surface area contributed by atoms with E-state index in [4.69, 9.17) is 0 Å². The van der Waals surface area contributed by atoms with Gasteiger partial charge in [0.05, 0.1) is 10.6 Å². The quantitative estimate of drug-likeness (QED) is 0.601. The van der Waals surface area contributed by atoms with Gasteiger partial charge in [0.1, 0.15) is 5.82 Å². The summed E-state index contributed by atoms with van der Waals surface area (Å²) in [5, 5.41) is 3.06. The number of nitrogens with zero attached hydrogens (tertiary/aromatic N) is 3. The molecule has 3 rings (SSSR count). The number of hydrogen-bond donors (Lipinski definition) is 0. The van der Waals surface area contributed by atoms with Crippen molar-refractivity contribution in [2.24, 2.45) is 4.99 Å².